The number of imidazole rings is 1. The molecule has 4 rings (SSSR count). The van der Waals surface area contributed by atoms with Crippen molar-refractivity contribution in [3.63, 3.8) is 0 Å². The number of carboxylic acids is 1. The third-order valence-corrected chi connectivity index (χ3v) is 4.66. The molecule has 0 aliphatic rings. The molecule has 0 radical (unpaired) electrons. The van der Waals surface area contributed by atoms with Gasteiger partial charge < -0.3 is 19.6 Å². The Kier molecular flexibility index (Phi) is 5.16. The van der Waals surface area contributed by atoms with E-state index < -0.39 is 5.97 Å². The van der Waals surface area contributed by atoms with E-state index in [-0.39, 0.29) is 5.56 Å². The number of fused-ring (bicyclic) bond motifs is 1. The van der Waals surface area contributed by atoms with Crippen molar-refractivity contribution >= 4 is 17.0 Å². The first kappa shape index (κ1) is 18.6. The van der Waals surface area contributed by atoms with E-state index in [1.54, 1.807) is 25.3 Å². The smallest absolute Gasteiger partial charge is 0.335 e. The number of nitrogens with zero attached hydrogens (tertiary/aromatic N) is 1. The van der Waals surface area contributed by atoms with Crippen LogP contribution in [0.3, 0.4) is 0 Å². The van der Waals surface area contributed by atoms with Gasteiger partial charge in [-0.25, -0.2) is 9.78 Å². The van der Waals surface area contributed by atoms with Crippen LogP contribution in [0.4, 0.5) is 0 Å². The van der Waals surface area contributed by atoms with Crippen molar-refractivity contribution in [2.24, 2.45) is 0 Å². The molecule has 146 valence electrons. The number of benzene rings is 3. The Morgan fingerprint density at radius 3 is 2.62 bits per heavy atom. The summed E-state index contributed by atoms with van der Waals surface area (Å²) in [5, 5.41) is 9.15. The molecule has 0 atom stereocenters. The minimum absolute atomic E-state index is 0.215. The highest BCUT2D eigenvalue weighted by Gasteiger charge is 2.12. The molecule has 6 nitrogen and oxygen atoms in total. The second-order valence-corrected chi connectivity index (χ2v) is 6.57. The number of hydrogen-bond donors (Lipinski definition) is 2. The van der Waals surface area contributed by atoms with E-state index >= 15 is 0 Å². The van der Waals surface area contributed by atoms with Crippen molar-refractivity contribution in [3.05, 3.63) is 77.9 Å². The molecule has 0 bridgehead atoms. The lowest BCUT2D eigenvalue weighted by Gasteiger charge is -2.11. The Bertz CT molecular complexity index is 1150. The molecule has 0 saturated carbocycles. The van der Waals surface area contributed by atoms with Crippen LogP contribution in [-0.4, -0.2) is 34.8 Å². The Hall–Kier alpha value is -3.80. The monoisotopic (exact) mass is 388 g/mol. The van der Waals surface area contributed by atoms with E-state index in [1.165, 1.54) is 5.56 Å². The van der Waals surface area contributed by atoms with E-state index in [0.717, 1.165) is 12.0 Å². The summed E-state index contributed by atoms with van der Waals surface area (Å²) in [5.41, 5.74) is 3.62. The summed E-state index contributed by atoms with van der Waals surface area (Å²) in [6.45, 7) is 0.544. The Morgan fingerprint density at radius 2 is 1.86 bits per heavy atom. The molecule has 6 heteroatoms. The quantitative estimate of drug-likeness (QED) is 0.485. The van der Waals surface area contributed by atoms with E-state index in [1.807, 2.05) is 36.4 Å². The maximum absolute atomic E-state index is 11.2. The molecule has 0 fully saturated rings. The van der Waals surface area contributed by atoms with E-state index in [2.05, 4.69) is 22.1 Å². The Balaban J connectivity index is 1.54. The molecule has 0 amide bonds. The molecular weight excluding hydrogens is 368 g/mol. The number of aromatic carboxylic acids is 1. The van der Waals surface area contributed by atoms with Gasteiger partial charge in [-0.3, -0.25) is 0 Å². The number of rotatable bonds is 7. The molecule has 0 unspecified atom stereocenters. The lowest BCUT2D eigenvalue weighted by atomic mass is 10.1. The Morgan fingerprint density at radius 1 is 1.03 bits per heavy atom. The summed E-state index contributed by atoms with van der Waals surface area (Å²) in [6.07, 6.45) is 0.807. The summed E-state index contributed by atoms with van der Waals surface area (Å²) in [7, 11) is 1.60. The van der Waals surface area contributed by atoms with E-state index in [4.69, 9.17) is 14.6 Å². The predicted octanol–water partition coefficient (Wildman–Crippen LogP) is 4.56. The summed E-state index contributed by atoms with van der Waals surface area (Å²) >= 11 is 0. The lowest BCUT2D eigenvalue weighted by Crippen LogP contribution is -2.02. The van der Waals surface area contributed by atoms with Crippen molar-refractivity contribution in [2.75, 3.05) is 13.7 Å². The summed E-state index contributed by atoms with van der Waals surface area (Å²) in [5.74, 6) is 0.942. The van der Waals surface area contributed by atoms with Crippen LogP contribution in [0.1, 0.15) is 15.9 Å². The number of hydrogen-bond acceptors (Lipinski definition) is 4. The average molecular weight is 388 g/mol. The van der Waals surface area contributed by atoms with Gasteiger partial charge in [0.25, 0.3) is 0 Å². The highest BCUT2D eigenvalue weighted by molar-refractivity contribution is 5.93. The highest BCUT2D eigenvalue weighted by atomic mass is 16.5. The van der Waals surface area contributed by atoms with Crippen LogP contribution < -0.4 is 9.47 Å². The first-order valence-corrected chi connectivity index (χ1v) is 9.22. The van der Waals surface area contributed by atoms with Crippen molar-refractivity contribution < 1.29 is 19.4 Å². The zero-order valence-electron chi connectivity index (χ0n) is 15.9. The van der Waals surface area contributed by atoms with E-state index in [9.17, 15) is 4.79 Å². The molecule has 1 aromatic heterocycles. The number of H-pyrrole nitrogens is 1. The number of carbonyl (C=O) groups is 1. The SMILES string of the molecule is COc1cc(-c2nc3ccc(C(=O)O)cc3[nH]2)ccc1OCCc1ccccc1. The topological polar surface area (TPSA) is 84.4 Å². The molecule has 0 spiro atoms. The third-order valence-electron chi connectivity index (χ3n) is 4.66. The van der Waals surface area contributed by atoms with Gasteiger partial charge in [-0.1, -0.05) is 30.3 Å². The summed E-state index contributed by atoms with van der Waals surface area (Å²) < 4.78 is 11.4. The molecule has 2 N–H and O–H groups in total. The minimum Gasteiger partial charge on any atom is -0.493 e. The van der Waals surface area contributed by atoms with E-state index in [0.29, 0.717) is 35.0 Å². The van der Waals surface area contributed by atoms with Gasteiger partial charge >= 0.3 is 5.97 Å². The average Bonchev–Trinajstić information content (AvgIpc) is 3.18. The maximum atomic E-state index is 11.2. The van der Waals surface area contributed by atoms with Gasteiger partial charge in [0.05, 0.1) is 30.3 Å². The minimum atomic E-state index is -0.971. The third kappa shape index (κ3) is 4.06. The maximum Gasteiger partial charge on any atom is 0.335 e. The second-order valence-electron chi connectivity index (χ2n) is 6.57. The number of ether oxygens (including phenoxy) is 2. The fraction of sp³-hybridized carbons (Fsp3) is 0.130. The largest absolute Gasteiger partial charge is 0.493 e. The van der Waals surface area contributed by atoms with Crippen LogP contribution in [0.2, 0.25) is 0 Å². The molecule has 29 heavy (non-hydrogen) atoms. The number of nitrogens with one attached hydrogen (secondary N) is 1. The number of methoxy groups -OCH3 is 1. The molecular formula is C23H20N2O4. The van der Waals surface area contributed by atoms with Gasteiger partial charge in [0.2, 0.25) is 0 Å². The normalized spacial score (nSPS) is 10.8. The zero-order chi connectivity index (χ0) is 20.2. The second kappa shape index (κ2) is 8.06. The van der Waals surface area contributed by atoms with Gasteiger partial charge in [0, 0.05) is 12.0 Å². The number of aromatic amines is 1. The van der Waals surface area contributed by atoms with Crippen LogP contribution in [0.25, 0.3) is 22.4 Å². The molecule has 0 saturated heterocycles. The van der Waals surface area contributed by atoms with Crippen LogP contribution in [-0.2, 0) is 6.42 Å². The van der Waals surface area contributed by atoms with Crippen LogP contribution >= 0.6 is 0 Å². The van der Waals surface area contributed by atoms with Gasteiger partial charge in [-0.2, -0.15) is 0 Å². The van der Waals surface area contributed by atoms with Gasteiger partial charge in [0.1, 0.15) is 5.82 Å². The van der Waals surface area contributed by atoms with Crippen LogP contribution in [0.5, 0.6) is 11.5 Å². The van der Waals surface area contributed by atoms with Crippen molar-refractivity contribution in [1.82, 2.24) is 9.97 Å². The zero-order valence-corrected chi connectivity index (χ0v) is 15.9. The number of aromatic nitrogens is 2. The molecule has 3 aromatic carbocycles. The van der Waals surface area contributed by atoms with Crippen molar-refractivity contribution in [2.45, 2.75) is 6.42 Å². The van der Waals surface area contributed by atoms with Crippen molar-refractivity contribution in [1.29, 1.82) is 0 Å². The first-order chi connectivity index (χ1) is 14.1. The molecule has 0 aliphatic heterocycles. The summed E-state index contributed by atoms with van der Waals surface area (Å²) in [4.78, 5) is 18.9. The van der Waals surface area contributed by atoms with Gasteiger partial charge in [0.15, 0.2) is 11.5 Å². The van der Waals surface area contributed by atoms with Crippen molar-refractivity contribution in [3.8, 4) is 22.9 Å². The fourth-order valence-corrected chi connectivity index (χ4v) is 3.14. The first-order valence-electron chi connectivity index (χ1n) is 9.22. The highest BCUT2D eigenvalue weighted by Crippen LogP contribution is 2.32. The van der Waals surface area contributed by atoms with Crippen LogP contribution in [0, 0.1) is 0 Å². The summed E-state index contributed by atoms with van der Waals surface area (Å²) in [6, 6.07) is 20.6. The lowest BCUT2D eigenvalue weighted by molar-refractivity contribution is 0.0697. The number of carboxylic acid groups (broad SMARTS) is 1. The Labute approximate surface area is 167 Å². The molecule has 1 heterocycles. The predicted molar refractivity (Wildman–Crippen MR) is 111 cm³/mol. The molecule has 0 aliphatic carbocycles. The fourth-order valence-electron chi connectivity index (χ4n) is 3.14. The van der Waals surface area contributed by atoms with Gasteiger partial charge in [-0.15, -0.1) is 0 Å². The standard InChI is InChI=1S/C23H20N2O4/c1-28-21-14-16(8-10-20(21)29-12-11-15-5-3-2-4-6-15)22-24-18-9-7-17(23(26)27)13-19(18)25-22/h2-10,13-14H,11-12H2,1H3,(H,24,25)(H,26,27). The van der Waals surface area contributed by atoms with Crippen LogP contribution in [0.15, 0.2) is 66.7 Å². The molecule has 4 aromatic rings. The van der Waals surface area contributed by atoms with Gasteiger partial charge in [-0.05, 0) is 42.0 Å².